The lowest BCUT2D eigenvalue weighted by Crippen LogP contribution is -2.38. The third kappa shape index (κ3) is 3.37. The van der Waals surface area contributed by atoms with Gasteiger partial charge >= 0.3 is 0 Å². The van der Waals surface area contributed by atoms with Gasteiger partial charge in [-0.25, -0.2) is 0 Å². The molecule has 19 heavy (non-hydrogen) atoms. The van der Waals surface area contributed by atoms with Crippen LogP contribution in [0.5, 0.6) is 0 Å². The van der Waals surface area contributed by atoms with Crippen molar-refractivity contribution in [1.82, 2.24) is 4.90 Å². The summed E-state index contributed by atoms with van der Waals surface area (Å²) < 4.78 is 0. The summed E-state index contributed by atoms with van der Waals surface area (Å²) in [4.78, 5) is 15.2. The molecule has 0 radical (unpaired) electrons. The molecule has 3 nitrogen and oxygen atoms in total. The normalized spacial score (nSPS) is 16.0. The number of rotatable bonds is 2. The van der Waals surface area contributed by atoms with Crippen LogP contribution < -0.4 is 5.73 Å². The van der Waals surface area contributed by atoms with Crippen molar-refractivity contribution in [1.29, 1.82) is 0 Å². The van der Waals surface area contributed by atoms with Crippen molar-refractivity contribution in [2.75, 3.05) is 19.6 Å². The van der Waals surface area contributed by atoms with Gasteiger partial charge in [0.1, 0.15) is 4.88 Å². The molecule has 2 rings (SSSR count). The first kappa shape index (κ1) is 14.1. The van der Waals surface area contributed by atoms with E-state index in [1.54, 1.807) is 0 Å². The summed E-state index contributed by atoms with van der Waals surface area (Å²) in [6.45, 7) is 4.30. The molecule has 1 aromatic heterocycles. The number of amides is 1. The van der Waals surface area contributed by atoms with Gasteiger partial charge in [-0.05, 0) is 30.2 Å². The molecule has 0 aliphatic carbocycles. The zero-order chi connectivity index (χ0) is 13.7. The van der Waals surface area contributed by atoms with Crippen molar-refractivity contribution in [2.24, 2.45) is 11.7 Å². The second-order valence-electron chi connectivity index (χ2n) is 4.81. The molecule has 4 heteroatoms. The fourth-order valence-electron chi connectivity index (χ4n) is 2.41. The lowest BCUT2D eigenvalue weighted by molar-refractivity contribution is 0.0693. The van der Waals surface area contributed by atoms with E-state index in [4.69, 9.17) is 5.73 Å². The number of nitrogens with two attached hydrogens (primary N) is 1. The third-order valence-electron chi connectivity index (χ3n) is 3.66. The Morgan fingerprint density at radius 1 is 1.53 bits per heavy atom. The second kappa shape index (κ2) is 6.74. The molecule has 0 saturated carbocycles. The maximum absolute atomic E-state index is 12.5. The van der Waals surface area contributed by atoms with Gasteiger partial charge in [0, 0.05) is 18.7 Å². The van der Waals surface area contributed by atoms with Crippen LogP contribution in [-0.4, -0.2) is 30.4 Å². The number of hydrogen-bond acceptors (Lipinski definition) is 3. The Labute approximate surface area is 118 Å². The molecule has 0 unspecified atom stereocenters. The minimum atomic E-state index is 0.130. The molecule has 1 aliphatic rings. The van der Waals surface area contributed by atoms with E-state index < -0.39 is 0 Å². The van der Waals surface area contributed by atoms with E-state index >= 15 is 0 Å². The summed E-state index contributed by atoms with van der Waals surface area (Å²) in [7, 11) is 0. The number of carbonyl (C=O) groups excluding carboxylic acids is 1. The maximum atomic E-state index is 12.5. The van der Waals surface area contributed by atoms with Crippen LogP contribution in [0.2, 0.25) is 0 Å². The molecule has 0 bridgehead atoms. The summed E-state index contributed by atoms with van der Waals surface area (Å²) in [5, 5.41) is 1.92. The molecule has 0 atom stereocenters. The number of piperidine rings is 1. The molecule has 1 saturated heterocycles. The van der Waals surface area contributed by atoms with Crippen molar-refractivity contribution >= 4 is 17.2 Å². The molecule has 102 valence electrons. The zero-order valence-corrected chi connectivity index (χ0v) is 12.1. The number of nitrogens with zero attached hydrogens (tertiary/aromatic N) is 1. The molecular weight excluding hydrogens is 256 g/mol. The highest BCUT2D eigenvalue weighted by Crippen LogP contribution is 2.24. The summed E-state index contributed by atoms with van der Waals surface area (Å²) >= 11 is 1.47. The van der Waals surface area contributed by atoms with Crippen molar-refractivity contribution < 1.29 is 4.79 Å². The molecule has 2 N–H and O–H groups in total. The van der Waals surface area contributed by atoms with Crippen LogP contribution in [0, 0.1) is 17.8 Å². The predicted molar refractivity (Wildman–Crippen MR) is 79.2 cm³/mol. The van der Waals surface area contributed by atoms with Gasteiger partial charge < -0.3 is 10.6 Å². The van der Waals surface area contributed by atoms with Gasteiger partial charge in [-0.3, -0.25) is 4.79 Å². The largest absolute Gasteiger partial charge is 0.338 e. The van der Waals surface area contributed by atoms with Crippen LogP contribution in [0.3, 0.4) is 0 Å². The Balaban J connectivity index is 2.06. The smallest absolute Gasteiger partial charge is 0.265 e. The molecule has 1 aromatic rings. The number of thiophene rings is 1. The van der Waals surface area contributed by atoms with Crippen molar-refractivity contribution in [3.63, 3.8) is 0 Å². The zero-order valence-electron chi connectivity index (χ0n) is 11.3. The second-order valence-corrected chi connectivity index (χ2v) is 5.73. The van der Waals surface area contributed by atoms with Crippen LogP contribution in [0.25, 0.3) is 0 Å². The average molecular weight is 276 g/mol. The van der Waals surface area contributed by atoms with Gasteiger partial charge in [-0.15, -0.1) is 11.3 Å². The van der Waals surface area contributed by atoms with Crippen LogP contribution in [-0.2, 0) is 0 Å². The quantitative estimate of drug-likeness (QED) is 0.843. The van der Waals surface area contributed by atoms with Gasteiger partial charge in [0.05, 0.1) is 6.54 Å². The molecular formula is C15H20N2OS. The van der Waals surface area contributed by atoms with Gasteiger partial charge in [-0.1, -0.05) is 25.2 Å². The van der Waals surface area contributed by atoms with Crippen LogP contribution in [0.4, 0.5) is 0 Å². The van der Waals surface area contributed by atoms with E-state index in [0.29, 0.717) is 6.54 Å². The standard InChI is InChI=1S/C15H20N2OS/c1-2-12-5-9-17(10-6-12)15(18)14-13(4-3-8-16)7-11-19-14/h7,11-12H,2,5-6,8-10,16H2,1H3. The molecule has 1 aliphatic heterocycles. The highest BCUT2D eigenvalue weighted by molar-refractivity contribution is 7.12. The number of hydrogen-bond donors (Lipinski definition) is 1. The number of carbonyl (C=O) groups is 1. The Morgan fingerprint density at radius 2 is 2.26 bits per heavy atom. The highest BCUT2D eigenvalue weighted by atomic mass is 32.1. The maximum Gasteiger partial charge on any atom is 0.265 e. The van der Waals surface area contributed by atoms with Crippen molar-refractivity contribution in [3.05, 3.63) is 21.9 Å². The average Bonchev–Trinajstić information content (AvgIpc) is 2.92. The van der Waals surface area contributed by atoms with Gasteiger partial charge in [0.15, 0.2) is 0 Å². The van der Waals surface area contributed by atoms with Crippen molar-refractivity contribution in [3.8, 4) is 11.8 Å². The first-order chi connectivity index (χ1) is 9.26. The fraction of sp³-hybridized carbons (Fsp3) is 0.533. The highest BCUT2D eigenvalue weighted by Gasteiger charge is 2.24. The Bertz CT molecular complexity index is 490. The van der Waals surface area contributed by atoms with Crippen LogP contribution in [0.1, 0.15) is 41.4 Å². The first-order valence-corrected chi connectivity index (χ1v) is 7.70. The van der Waals surface area contributed by atoms with E-state index in [2.05, 4.69) is 18.8 Å². The Hall–Kier alpha value is -1.31. The Kier molecular flexibility index (Phi) is 5.00. The van der Waals surface area contributed by atoms with Crippen molar-refractivity contribution in [2.45, 2.75) is 26.2 Å². The molecule has 1 fully saturated rings. The fourth-order valence-corrected chi connectivity index (χ4v) is 3.22. The van der Waals surface area contributed by atoms with E-state index in [-0.39, 0.29) is 5.91 Å². The SMILES string of the molecule is CCC1CCN(C(=O)c2sccc2C#CCN)CC1. The van der Waals surface area contributed by atoms with E-state index in [1.807, 2.05) is 16.3 Å². The minimum Gasteiger partial charge on any atom is -0.338 e. The van der Waals surface area contributed by atoms with Gasteiger partial charge in [0.2, 0.25) is 0 Å². The monoisotopic (exact) mass is 276 g/mol. The van der Waals surface area contributed by atoms with Gasteiger partial charge in [-0.2, -0.15) is 0 Å². The summed E-state index contributed by atoms with van der Waals surface area (Å²) in [6, 6.07) is 1.90. The van der Waals surface area contributed by atoms with E-state index in [9.17, 15) is 4.79 Å². The van der Waals surface area contributed by atoms with Crippen LogP contribution in [0.15, 0.2) is 11.4 Å². The van der Waals surface area contributed by atoms with Crippen LogP contribution >= 0.6 is 11.3 Å². The Morgan fingerprint density at radius 3 is 2.89 bits per heavy atom. The molecule has 0 spiro atoms. The van der Waals surface area contributed by atoms with E-state index in [1.165, 1.54) is 17.8 Å². The minimum absolute atomic E-state index is 0.130. The predicted octanol–water partition coefficient (Wildman–Crippen LogP) is 2.32. The van der Waals surface area contributed by atoms with Gasteiger partial charge in [0.25, 0.3) is 5.91 Å². The third-order valence-corrected chi connectivity index (χ3v) is 4.57. The summed E-state index contributed by atoms with van der Waals surface area (Å²) in [6.07, 6.45) is 3.46. The topological polar surface area (TPSA) is 46.3 Å². The molecule has 0 aromatic carbocycles. The lowest BCUT2D eigenvalue weighted by Gasteiger charge is -2.31. The lowest BCUT2D eigenvalue weighted by atomic mass is 9.94. The van der Waals surface area contributed by atoms with E-state index in [0.717, 1.165) is 42.3 Å². The number of likely N-dealkylation sites (tertiary alicyclic amines) is 1. The summed E-state index contributed by atoms with van der Waals surface area (Å²) in [5.74, 6) is 6.71. The first-order valence-electron chi connectivity index (χ1n) is 6.82. The summed E-state index contributed by atoms with van der Waals surface area (Å²) in [5.41, 5.74) is 6.20. The molecule has 2 heterocycles. The molecule has 1 amide bonds.